The highest BCUT2D eigenvalue weighted by atomic mass is 16.6. The molecule has 0 bridgehead atoms. The average Bonchev–Trinajstić information content (AvgIpc) is 3.48. The number of nitrogen functional groups attached to an aromatic ring is 1. The van der Waals surface area contributed by atoms with Crippen molar-refractivity contribution in [3.8, 4) is 11.3 Å². The Kier molecular flexibility index (Phi) is 6.95. The van der Waals surface area contributed by atoms with Crippen molar-refractivity contribution < 1.29 is 18.7 Å². The summed E-state index contributed by atoms with van der Waals surface area (Å²) < 4.78 is 13.3. The van der Waals surface area contributed by atoms with Gasteiger partial charge in [-0.2, -0.15) is 5.10 Å². The zero-order chi connectivity index (χ0) is 25.0. The van der Waals surface area contributed by atoms with E-state index in [2.05, 4.69) is 10.4 Å². The molecule has 0 unspecified atom stereocenters. The summed E-state index contributed by atoms with van der Waals surface area (Å²) >= 11 is 0. The van der Waals surface area contributed by atoms with Crippen molar-refractivity contribution in [1.82, 2.24) is 14.7 Å². The molecule has 3 aromatic rings. The van der Waals surface area contributed by atoms with Crippen LogP contribution < -0.4 is 11.1 Å². The Balaban J connectivity index is 1.32. The summed E-state index contributed by atoms with van der Waals surface area (Å²) in [5.74, 6) is 0.913. The molecule has 1 aromatic carbocycles. The number of amides is 2. The lowest BCUT2D eigenvalue weighted by Gasteiger charge is -2.33. The van der Waals surface area contributed by atoms with E-state index in [0.29, 0.717) is 36.0 Å². The van der Waals surface area contributed by atoms with Crippen LogP contribution in [0.3, 0.4) is 0 Å². The van der Waals surface area contributed by atoms with Gasteiger partial charge in [0.25, 0.3) is 0 Å². The molecule has 1 aliphatic heterocycles. The van der Waals surface area contributed by atoms with Crippen LogP contribution in [-0.4, -0.2) is 45.4 Å². The van der Waals surface area contributed by atoms with Crippen LogP contribution in [0.2, 0.25) is 0 Å². The third-order valence-corrected chi connectivity index (χ3v) is 5.62. The standard InChI is InChI=1S/C26H31N5O4/c1-26(2,3)35-25(33)30-14-12-19(13-15-30)31-17-18(16-28-31)23-10-8-20(34-23)9-11-24(32)29-22-7-5-4-6-21(22)27/h4-11,16-17,19H,12-15,27H2,1-3H3,(H,29,32)/b11-9+. The predicted octanol–water partition coefficient (Wildman–Crippen LogP) is 4.95. The molecule has 1 aliphatic rings. The fourth-order valence-corrected chi connectivity index (χ4v) is 3.85. The van der Waals surface area contributed by atoms with E-state index in [0.717, 1.165) is 18.4 Å². The minimum atomic E-state index is -0.498. The van der Waals surface area contributed by atoms with Crippen molar-refractivity contribution in [2.24, 2.45) is 0 Å². The highest BCUT2D eigenvalue weighted by molar-refractivity contribution is 6.03. The monoisotopic (exact) mass is 477 g/mol. The second-order valence-electron chi connectivity index (χ2n) is 9.52. The molecule has 184 valence electrons. The van der Waals surface area contributed by atoms with Crippen molar-refractivity contribution in [2.45, 2.75) is 45.3 Å². The summed E-state index contributed by atoms with van der Waals surface area (Å²) in [6.45, 7) is 6.86. The van der Waals surface area contributed by atoms with Gasteiger partial charge in [-0.1, -0.05) is 12.1 Å². The van der Waals surface area contributed by atoms with E-state index in [4.69, 9.17) is 14.9 Å². The minimum Gasteiger partial charge on any atom is -0.457 e. The van der Waals surface area contributed by atoms with E-state index in [1.54, 1.807) is 47.5 Å². The molecule has 0 saturated carbocycles. The number of hydrogen-bond acceptors (Lipinski definition) is 6. The molecule has 3 heterocycles. The number of para-hydroxylation sites is 2. The second kappa shape index (κ2) is 10.1. The van der Waals surface area contributed by atoms with Crippen molar-refractivity contribution in [3.05, 3.63) is 60.6 Å². The zero-order valence-electron chi connectivity index (χ0n) is 20.2. The quantitative estimate of drug-likeness (QED) is 0.397. The lowest BCUT2D eigenvalue weighted by atomic mass is 10.1. The largest absolute Gasteiger partial charge is 0.457 e. The van der Waals surface area contributed by atoms with Gasteiger partial charge in [-0.3, -0.25) is 9.48 Å². The Hall–Kier alpha value is -4.01. The van der Waals surface area contributed by atoms with Crippen LogP contribution in [0.1, 0.15) is 45.4 Å². The van der Waals surface area contributed by atoms with E-state index in [9.17, 15) is 9.59 Å². The third-order valence-electron chi connectivity index (χ3n) is 5.62. The van der Waals surface area contributed by atoms with Crippen molar-refractivity contribution in [3.63, 3.8) is 0 Å². The first-order chi connectivity index (χ1) is 16.7. The highest BCUT2D eigenvalue weighted by Crippen LogP contribution is 2.27. The maximum Gasteiger partial charge on any atom is 0.410 e. The summed E-state index contributed by atoms with van der Waals surface area (Å²) in [7, 11) is 0. The zero-order valence-corrected chi connectivity index (χ0v) is 20.2. The topological polar surface area (TPSA) is 116 Å². The van der Waals surface area contributed by atoms with Gasteiger partial charge >= 0.3 is 6.09 Å². The number of nitrogens with zero attached hydrogens (tertiary/aromatic N) is 3. The first-order valence-corrected chi connectivity index (χ1v) is 11.6. The normalized spacial score (nSPS) is 14.9. The predicted molar refractivity (Wildman–Crippen MR) is 135 cm³/mol. The van der Waals surface area contributed by atoms with E-state index >= 15 is 0 Å². The Morgan fingerprint density at radius 3 is 2.63 bits per heavy atom. The number of aromatic nitrogens is 2. The molecule has 0 atom stereocenters. The fourth-order valence-electron chi connectivity index (χ4n) is 3.85. The first-order valence-electron chi connectivity index (χ1n) is 11.6. The van der Waals surface area contributed by atoms with Crippen LogP contribution in [0.15, 0.2) is 59.3 Å². The van der Waals surface area contributed by atoms with Gasteiger partial charge in [0.2, 0.25) is 5.91 Å². The number of piperidine rings is 1. The van der Waals surface area contributed by atoms with E-state index in [-0.39, 0.29) is 18.0 Å². The van der Waals surface area contributed by atoms with Crippen molar-refractivity contribution in [2.75, 3.05) is 24.1 Å². The Bertz CT molecular complexity index is 1210. The van der Waals surface area contributed by atoms with Crippen LogP contribution in [-0.2, 0) is 9.53 Å². The van der Waals surface area contributed by atoms with Gasteiger partial charge < -0.3 is 25.1 Å². The maximum absolute atomic E-state index is 12.3. The summed E-state index contributed by atoms with van der Waals surface area (Å²) in [6.07, 6.45) is 8.05. The van der Waals surface area contributed by atoms with Gasteiger partial charge in [0.1, 0.15) is 17.1 Å². The lowest BCUT2D eigenvalue weighted by Crippen LogP contribution is -2.42. The van der Waals surface area contributed by atoms with Crippen molar-refractivity contribution in [1.29, 1.82) is 0 Å². The number of rotatable bonds is 5. The first kappa shape index (κ1) is 24.1. The molecule has 4 rings (SSSR count). The van der Waals surface area contributed by atoms with Crippen molar-refractivity contribution >= 4 is 29.5 Å². The molecule has 9 nitrogen and oxygen atoms in total. The van der Waals surface area contributed by atoms with Gasteiger partial charge in [-0.05, 0) is 64.0 Å². The molecule has 3 N–H and O–H groups in total. The molecule has 1 fully saturated rings. The minimum absolute atomic E-state index is 0.200. The Morgan fingerprint density at radius 1 is 1.17 bits per heavy atom. The average molecular weight is 478 g/mol. The molecule has 35 heavy (non-hydrogen) atoms. The summed E-state index contributed by atoms with van der Waals surface area (Å²) in [5, 5.41) is 7.25. The molecular weight excluding hydrogens is 446 g/mol. The second-order valence-corrected chi connectivity index (χ2v) is 9.52. The van der Waals surface area contributed by atoms with E-state index in [1.807, 2.05) is 37.7 Å². The number of carbonyl (C=O) groups excluding carboxylic acids is 2. The fraction of sp³-hybridized carbons (Fsp3) is 0.346. The van der Waals surface area contributed by atoms with E-state index < -0.39 is 5.60 Å². The number of likely N-dealkylation sites (tertiary alicyclic amines) is 1. The Labute approximate surface area is 204 Å². The number of nitrogens with two attached hydrogens (primary N) is 1. The van der Waals surface area contributed by atoms with Crippen LogP contribution in [0.5, 0.6) is 0 Å². The van der Waals surface area contributed by atoms with Crippen LogP contribution in [0, 0.1) is 0 Å². The lowest BCUT2D eigenvalue weighted by molar-refractivity contribution is -0.111. The van der Waals surface area contributed by atoms with Gasteiger partial charge in [0, 0.05) is 25.4 Å². The molecule has 9 heteroatoms. The van der Waals surface area contributed by atoms with E-state index in [1.165, 1.54) is 6.08 Å². The maximum atomic E-state index is 12.3. The van der Waals surface area contributed by atoms with Crippen LogP contribution in [0.25, 0.3) is 17.4 Å². The van der Waals surface area contributed by atoms with Crippen LogP contribution in [0.4, 0.5) is 16.2 Å². The number of nitrogens with one attached hydrogen (secondary N) is 1. The summed E-state index contributed by atoms with van der Waals surface area (Å²) in [5.41, 5.74) is 7.27. The smallest absolute Gasteiger partial charge is 0.410 e. The third kappa shape index (κ3) is 6.32. The molecular formula is C26H31N5O4. The number of benzene rings is 1. The number of ether oxygens (including phenoxy) is 1. The number of furan rings is 1. The summed E-state index contributed by atoms with van der Waals surface area (Å²) in [4.78, 5) is 26.2. The number of hydrogen-bond donors (Lipinski definition) is 2. The van der Waals surface area contributed by atoms with Gasteiger partial charge in [0.05, 0.1) is 29.2 Å². The van der Waals surface area contributed by atoms with Gasteiger partial charge in [-0.25, -0.2) is 4.79 Å². The SMILES string of the molecule is CC(C)(C)OC(=O)N1CCC(n2cc(-c3ccc(/C=C/C(=O)Nc4ccccc4N)o3)cn2)CC1. The van der Waals surface area contributed by atoms with Gasteiger partial charge in [-0.15, -0.1) is 0 Å². The number of anilines is 2. The number of carbonyl (C=O) groups is 2. The van der Waals surface area contributed by atoms with Gasteiger partial charge in [0.15, 0.2) is 0 Å². The van der Waals surface area contributed by atoms with Crippen LogP contribution >= 0.6 is 0 Å². The molecule has 0 aliphatic carbocycles. The molecule has 0 spiro atoms. The molecule has 0 radical (unpaired) electrons. The molecule has 1 saturated heterocycles. The molecule has 2 aromatic heterocycles. The molecule has 2 amide bonds. The highest BCUT2D eigenvalue weighted by Gasteiger charge is 2.28. The Morgan fingerprint density at radius 2 is 1.91 bits per heavy atom. The summed E-state index contributed by atoms with van der Waals surface area (Å²) in [6, 6.07) is 10.9.